The van der Waals surface area contributed by atoms with Crippen molar-refractivity contribution in [1.29, 1.82) is 0 Å². The average Bonchev–Trinajstić information content (AvgIpc) is 2.42. The molecule has 0 aromatic carbocycles. The van der Waals surface area contributed by atoms with Crippen molar-refractivity contribution in [1.82, 2.24) is 4.98 Å². The zero-order chi connectivity index (χ0) is 13.8. The first-order valence-electron chi connectivity index (χ1n) is 6.82. The summed E-state index contributed by atoms with van der Waals surface area (Å²) in [6.45, 7) is 1.82. The Bertz CT molecular complexity index is 405. The molecule has 0 spiro atoms. The first kappa shape index (κ1) is 15.4. The molecule has 1 N–H and O–H groups in total. The van der Waals surface area contributed by atoms with E-state index in [1.54, 1.807) is 6.20 Å². The molecule has 1 heterocycles. The quantitative estimate of drug-likeness (QED) is 0.567. The standard InChI is InChI=1S/C17H23NO/c1-16(19)11-8-6-4-2-3-5-7-9-12-17-13-10-14-18-15-17/h3-7,9-10,13-16,19H,2,8,11-12H2,1H3. The Morgan fingerprint density at radius 2 is 2.05 bits per heavy atom. The van der Waals surface area contributed by atoms with Gasteiger partial charge in [0, 0.05) is 12.4 Å². The van der Waals surface area contributed by atoms with Crippen molar-refractivity contribution in [2.24, 2.45) is 0 Å². The van der Waals surface area contributed by atoms with Gasteiger partial charge in [-0.2, -0.15) is 0 Å². The molecular weight excluding hydrogens is 234 g/mol. The van der Waals surface area contributed by atoms with Crippen LogP contribution in [0.1, 0.15) is 31.7 Å². The number of rotatable bonds is 8. The first-order chi connectivity index (χ1) is 9.29. The van der Waals surface area contributed by atoms with Gasteiger partial charge in [0.15, 0.2) is 0 Å². The van der Waals surface area contributed by atoms with E-state index >= 15 is 0 Å². The fraction of sp³-hybridized carbons (Fsp3) is 0.353. The van der Waals surface area contributed by atoms with Crippen LogP contribution in [0.15, 0.2) is 61.0 Å². The van der Waals surface area contributed by atoms with E-state index < -0.39 is 0 Å². The predicted molar refractivity (Wildman–Crippen MR) is 80.9 cm³/mol. The van der Waals surface area contributed by atoms with Crippen LogP contribution < -0.4 is 0 Å². The van der Waals surface area contributed by atoms with E-state index in [1.807, 2.05) is 19.2 Å². The highest BCUT2D eigenvalue weighted by molar-refractivity contribution is 5.14. The summed E-state index contributed by atoms with van der Waals surface area (Å²) in [6.07, 6.45) is 19.8. The lowest BCUT2D eigenvalue weighted by Gasteiger charge is -1.97. The maximum atomic E-state index is 9.08. The van der Waals surface area contributed by atoms with Crippen molar-refractivity contribution < 1.29 is 5.11 Å². The Hall–Kier alpha value is -1.67. The minimum atomic E-state index is -0.199. The van der Waals surface area contributed by atoms with Crippen LogP contribution in [-0.4, -0.2) is 16.2 Å². The fourth-order valence-corrected chi connectivity index (χ4v) is 1.59. The number of aliphatic hydroxyl groups is 1. The lowest BCUT2D eigenvalue weighted by atomic mass is 10.2. The van der Waals surface area contributed by atoms with Crippen LogP contribution in [0.3, 0.4) is 0 Å². The number of allylic oxidation sites excluding steroid dienone is 6. The molecule has 1 unspecified atom stereocenters. The summed E-state index contributed by atoms with van der Waals surface area (Å²) >= 11 is 0. The SMILES string of the molecule is CC(O)CCC=CCC=CC=CCc1cccnc1. The van der Waals surface area contributed by atoms with Crippen molar-refractivity contribution in [3.05, 3.63) is 66.5 Å². The summed E-state index contributed by atoms with van der Waals surface area (Å²) in [5.41, 5.74) is 1.23. The number of nitrogens with zero attached hydrogens (tertiary/aromatic N) is 1. The Balaban J connectivity index is 2.10. The van der Waals surface area contributed by atoms with Gasteiger partial charge in [0.05, 0.1) is 6.10 Å². The van der Waals surface area contributed by atoms with Crippen molar-refractivity contribution in [2.75, 3.05) is 0 Å². The maximum Gasteiger partial charge on any atom is 0.0515 e. The van der Waals surface area contributed by atoms with Crippen LogP contribution in [0, 0.1) is 0 Å². The smallest absolute Gasteiger partial charge is 0.0515 e. The molecule has 0 aliphatic rings. The molecular formula is C17H23NO. The number of aromatic nitrogens is 1. The van der Waals surface area contributed by atoms with Crippen LogP contribution >= 0.6 is 0 Å². The number of hydrogen-bond acceptors (Lipinski definition) is 2. The monoisotopic (exact) mass is 257 g/mol. The fourth-order valence-electron chi connectivity index (χ4n) is 1.59. The maximum absolute atomic E-state index is 9.08. The van der Waals surface area contributed by atoms with E-state index in [4.69, 9.17) is 5.11 Å². The molecule has 2 heteroatoms. The molecule has 1 aromatic heterocycles. The van der Waals surface area contributed by atoms with E-state index in [0.717, 1.165) is 25.7 Å². The number of aliphatic hydroxyl groups excluding tert-OH is 1. The molecule has 102 valence electrons. The third kappa shape index (κ3) is 8.97. The zero-order valence-electron chi connectivity index (χ0n) is 11.6. The summed E-state index contributed by atoms with van der Waals surface area (Å²) in [7, 11) is 0. The molecule has 0 aliphatic carbocycles. The molecule has 0 aliphatic heterocycles. The van der Waals surface area contributed by atoms with Gasteiger partial charge in [-0.15, -0.1) is 0 Å². The van der Waals surface area contributed by atoms with Crippen molar-refractivity contribution in [3.8, 4) is 0 Å². The molecule has 0 radical (unpaired) electrons. The second-order valence-corrected chi connectivity index (χ2v) is 4.56. The lowest BCUT2D eigenvalue weighted by Crippen LogP contribution is -1.96. The molecule has 1 atom stereocenters. The lowest BCUT2D eigenvalue weighted by molar-refractivity contribution is 0.186. The normalized spacial score (nSPS) is 13.8. The molecule has 1 rings (SSSR count). The number of pyridine rings is 1. The van der Waals surface area contributed by atoms with Gasteiger partial charge in [0.1, 0.15) is 0 Å². The van der Waals surface area contributed by atoms with Crippen LogP contribution in [0.2, 0.25) is 0 Å². The van der Waals surface area contributed by atoms with E-state index in [1.165, 1.54) is 5.56 Å². The zero-order valence-corrected chi connectivity index (χ0v) is 11.6. The van der Waals surface area contributed by atoms with E-state index in [-0.39, 0.29) is 6.10 Å². The van der Waals surface area contributed by atoms with Crippen LogP contribution in [-0.2, 0) is 6.42 Å². The van der Waals surface area contributed by atoms with Crippen LogP contribution in [0.4, 0.5) is 0 Å². The Morgan fingerprint density at radius 1 is 1.21 bits per heavy atom. The first-order valence-corrected chi connectivity index (χ1v) is 6.82. The molecule has 1 aromatic rings. The van der Waals surface area contributed by atoms with Crippen LogP contribution in [0.25, 0.3) is 0 Å². The van der Waals surface area contributed by atoms with Crippen molar-refractivity contribution >= 4 is 0 Å². The highest BCUT2D eigenvalue weighted by atomic mass is 16.3. The summed E-state index contributed by atoms with van der Waals surface area (Å²) in [6, 6.07) is 4.03. The van der Waals surface area contributed by atoms with Crippen molar-refractivity contribution in [3.63, 3.8) is 0 Å². The summed E-state index contributed by atoms with van der Waals surface area (Å²) in [5.74, 6) is 0. The van der Waals surface area contributed by atoms with Gasteiger partial charge in [-0.05, 0) is 44.2 Å². The second-order valence-electron chi connectivity index (χ2n) is 4.56. The van der Waals surface area contributed by atoms with Gasteiger partial charge >= 0.3 is 0 Å². The number of hydrogen-bond donors (Lipinski definition) is 1. The van der Waals surface area contributed by atoms with E-state index in [2.05, 4.69) is 47.5 Å². The summed E-state index contributed by atoms with van der Waals surface area (Å²) < 4.78 is 0. The van der Waals surface area contributed by atoms with Crippen LogP contribution in [0.5, 0.6) is 0 Å². The predicted octanol–water partition coefficient (Wildman–Crippen LogP) is 3.84. The Kier molecular flexibility index (Phi) is 8.32. The topological polar surface area (TPSA) is 33.1 Å². The molecule has 19 heavy (non-hydrogen) atoms. The summed E-state index contributed by atoms with van der Waals surface area (Å²) in [4.78, 5) is 4.08. The van der Waals surface area contributed by atoms with Gasteiger partial charge in [0.2, 0.25) is 0 Å². The minimum Gasteiger partial charge on any atom is -0.393 e. The minimum absolute atomic E-state index is 0.199. The molecule has 0 fully saturated rings. The molecule has 0 bridgehead atoms. The molecule has 0 saturated carbocycles. The molecule has 0 saturated heterocycles. The molecule has 0 amide bonds. The van der Waals surface area contributed by atoms with Gasteiger partial charge in [-0.25, -0.2) is 0 Å². The Morgan fingerprint density at radius 3 is 2.79 bits per heavy atom. The van der Waals surface area contributed by atoms with Gasteiger partial charge in [0.25, 0.3) is 0 Å². The van der Waals surface area contributed by atoms with E-state index in [9.17, 15) is 0 Å². The average molecular weight is 257 g/mol. The van der Waals surface area contributed by atoms with Gasteiger partial charge < -0.3 is 5.11 Å². The van der Waals surface area contributed by atoms with Gasteiger partial charge in [-0.3, -0.25) is 4.98 Å². The summed E-state index contributed by atoms with van der Waals surface area (Å²) in [5, 5.41) is 9.08. The highest BCUT2D eigenvalue weighted by Crippen LogP contribution is 1.99. The Labute approximate surface area is 116 Å². The van der Waals surface area contributed by atoms with E-state index in [0.29, 0.717) is 0 Å². The van der Waals surface area contributed by atoms with Gasteiger partial charge in [-0.1, -0.05) is 42.5 Å². The largest absolute Gasteiger partial charge is 0.393 e. The second kappa shape index (κ2) is 10.3. The third-order valence-corrected chi connectivity index (χ3v) is 2.65. The highest BCUT2D eigenvalue weighted by Gasteiger charge is 1.90. The van der Waals surface area contributed by atoms with Crippen molar-refractivity contribution in [2.45, 2.75) is 38.7 Å². The third-order valence-electron chi connectivity index (χ3n) is 2.65. The molecule has 2 nitrogen and oxygen atoms in total.